The van der Waals surface area contributed by atoms with E-state index in [9.17, 15) is 4.79 Å². The fourth-order valence-corrected chi connectivity index (χ4v) is 2.08. The fourth-order valence-electron chi connectivity index (χ4n) is 2.08. The number of hydrogen-bond donors (Lipinski definition) is 1. The summed E-state index contributed by atoms with van der Waals surface area (Å²) in [4.78, 5) is 15.1. The summed E-state index contributed by atoms with van der Waals surface area (Å²) in [6.07, 6.45) is 3.18. The number of amidine groups is 1. The van der Waals surface area contributed by atoms with Crippen LogP contribution in [0.4, 0.5) is 0 Å². The Balaban J connectivity index is 2.04. The van der Waals surface area contributed by atoms with Gasteiger partial charge in [-0.3, -0.25) is 4.79 Å². The van der Waals surface area contributed by atoms with Crippen LogP contribution >= 0.6 is 0 Å². The molecule has 0 aromatic rings. The molecule has 1 amide bonds. The number of nitrogens with zero attached hydrogens (tertiary/aromatic N) is 1. The number of carbonyl (C=O) groups is 1. The highest BCUT2D eigenvalue weighted by molar-refractivity contribution is 6.00. The molecule has 1 heterocycles. The van der Waals surface area contributed by atoms with Crippen LogP contribution in [-0.2, 0) is 14.3 Å². The number of aliphatic imine (C=N–C) groups is 1. The van der Waals surface area contributed by atoms with Crippen molar-refractivity contribution >= 4 is 11.9 Å². The number of nitrogens with two attached hydrogens (primary N) is 1. The van der Waals surface area contributed by atoms with Crippen LogP contribution in [0.2, 0.25) is 0 Å². The lowest BCUT2D eigenvalue weighted by Gasteiger charge is -2.33. The molecule has 2 aliphatic rings. The lowest BCUT2D eigenvalue weighted by molar-refractivity contribution is -0.135. The SMILES string of the molecule is COC1CCC2(CC1)OC(N)=NC2=O. The van der Waals surface area contributed by atoms with Crippen molar-refractivity contribution in [3.8, 4) is 0 Å². The predicted octanol–water partition coefficient (Wildman–Crippen LogP) is 0.186. The van der Waals surface area contributed by atoms with Crippen molar-refractivity contribution in [3.63, 3.8) is 0 Å². The average Bonchev–Trinajstić information content (AvgIpc) is 2.43. The molecule has 0 aromatic heterocycles. The van der Waals surface area contributed by atoms with Gasteiger partial charge in [0.05, 0.1) is 6.10 Å². The summed E-state index contributed by atoms with van der Waals surface area (Å²) in [5.41, 5.74) is 4.61. The maximum absolute atomic E-state index is 11.5. The summed E-state index contributed by atoms with van der Waals surface area (Å²) < 4.78 is 10.5. The standard InChI is InChI=1S/C9H14N2O3/c1-13-6-2-4-9(5-3-6)7(12)11-8(10)14-9/h6H,2-5H2,1H3,(H2,10,11,12). The number of ether oxygens (including phenoxy) is 2. The summed E-state index contributed by atoms with van der Waals surface area (Å²) in [5.74, 6) is -0.232. The van der Waals surface area contributed by atoms with E-state index in [1.165, 1.54) is 0 Å². The van der Waals surface area contributed by atoms with Crippen LogP contribution in [0.5, 0.6) is 0 Å². The van der Waals surface area contributed by atoms with E-state index in [0.717, 1.165) is 12.8 Å². The van der Waals surface area contributed by atoms with Gasteiger partial charge >= 0.3 is 0 Å². The summed E-state index contributed by atoms with van der Waals surface area (Å²) in [6, 6.07) is 0.00543. The quantitative estimate of drug-likeness (QED) is 0.652. The second-order valence-corrected chi connectivity index (χ2v) is 3.79. The highest BCUT2D eigenvalue weighted by atomic mass is 16.5. The largest absolute Gasteiger partial charge is 0.448 e. The van der Waals surface area contributed by atoms with Gasteiger partial charge in [-0.25, -0.2) is 0 Å². The summed E-state index contributed by atoms with van der Waals surface area (Å²) in [7, 11) is 1.69. The molecule has 5 heteroatoms. The average molecular weight is 198 g/mol. The predicted molar refractivity (Wildman–Crippen MR) is 49.7 cm³/mol. The zero-order valence-corrected chi connectivity index (χ0v) is 8.16. The van der Waals surface area contributed by atoms with Gasteiger partial charge in [0.15, 0.2) is 5.60 Å². The van der Waals surface area contributed by atoms with Crippen LogP contribution in [0.1, 0.15) is 25.7 Å². The van der Waals surface area contributed by atoms with Gasteiger partial charge in [0, 0.05) is 7.11 Å². The molecule has 0 bridgehead atoms. The van der Waals surface area contributed by atoms with E-state index in [-0.39, 0.29) is 18.0 Å². The molecule has 1 aliphatic heterocycles. The Morgan fingerprint density at radius 2 is 2.21 bits per heavy atom. The lowest BCUT2D eigenvalue weighted by atomic mass is 9.83. The molecule has 1 saturated carbocycles. The monoisotopic (exact) mass is 198 g/mol. The van der Waals surface area contributed by atoms with Gasteiger partial charge in [-0.15, -0.1) is 0 Å². The van der Waals surface area contributed by atoms with E-state index in [2.05, 4.69) is 4.99 Å². The smallest absolute Gasteiger partial charge is 0.294 e. The summed E-state index contributed by atoms with van der Waals surface area (Å²) >= 11 is 0. The first kappa shape index (κ1) is 9.45. The number of amides is 1. The second-order valence-electron chi connectivity index (χ2n) is 3.79. The zero-order valence-electron chi connectivity index (χ0n) is 8.16. The number of hydrogen-bond acceptors (Lipinski definition) is 4. The van der Waals surface area contributed by atoms with Crippen molar-refractivity contribution < 1.29 is 14.3 Å². The zero-order chi connectivity index (χ0) is 10.2. The van der Waals surface area contributed by atoms with Gasteiger partial charge in [-0.2, -0.15) is 4.99 Å². The molecule has 2 N–H and O–H groups in total. The first-order chi connectivity index (χ1) is 6.66. The highest BCUT2D eigenvalue weighted by Gasteiger charge is 2.48. The molecule has 0 radical (unpaired) electrons. The Hall–Kier alpha value is -1.10. The third kappa shape index (κ3) is 1.37. The maximum Gasteiger partial charge on any atom is 0.294 e. The normalized spacial score (nSPS) is 37.1. The molecule has 14 heavy (non-hydrogen) atoms. The van der Waals surface area contributed by atoms with E-state index in [1.54, 1.807) is 7.11 Å². The Labute approximate surface area is 82.3 Å². The van der Waals surface area contributed by atoms with Crippen LogP contribution in [0.15, 0.2) is 4.99 Å². The second kappa shape index (κ2) is 3.24. The van der Waals surface area contributed by atoms with E-state index >= 15 is 0 Å². The molecule has 78 valence electrons. The van der Waals surface area contributed by atoms with Crippen LogP contribution in [0.3, 0.4) is 0 Å². The van der Waals surface area contributed by atoms with E-state index < -0.39 is 5.60 Å². The van der Waals surface area contributed by atoms with Crippen molar-refractivity contribution in [3.05, 3.63) is 0 Å². The summed E-state index contributed by atoms with van der Waals surface area (Å²) in [6.45, 7) is 0. The number of rotatable bonds is 1. The van der Waals surface area contributed by atoms with Crippen molar-refractivity contribution in [2.24, 2.45) is 10.7 Å². The van der Waals surface area contributed by atoms with E-state index in [4.69, 9.17) is 15.2 Å². The maximum atomic E-state index is 11.5. The molecule has 0 saturated heterocycles. The molecular formula is C9H14N2O3. The molecule has 0 aromatic carbocycles. The third-order valence-electron chi connectivity index (χ3n) is 2.98. The van der Waals surface area contributed by atoms with Crippen molar-refractivity contribution in [1.82, 2.24) is 0 Å². The minimum atomic E-state index is -0.765. The topological polar surface area (TPSA) is 73.9 Å². The van der Waals surface area contributed by atoms with Crippen LogP contribution in [0, 0.1) is 0 Å². The van der Waals surface area contributed by atoms with Gasteiger partial charge in [-0.1, -0.05) is 0 Å². The van der Waals surface area contributed by atoms with Crippen molar-refractivity contribution in [2.75, 3.05) is 7.11 Å². The Kier molecular flexibility index (Phi) is 2.19. The Morgan fingerprint density at radius 1 is 1.57 bits per heavy atom. The fraction of sp³-hybridized carbons (Fsp3) is 0.778. The third-order valence-corrected chi connectivity index (χ3v) is 2.98. The molecule has 1 fully saturated rings. The van der Waals surface area contributed by atoms with Gasteiger partial charge in [0.25, 0.3) is 11.9 Å². The first-order valence-corrected chi connectivity index (χ1v) is 4.77. The number of methoxy groups -OCH3 is 1. The summed E-state index contributed by atoms with van der Waals surface area (Å²) in [5, 5.41) is 0. The first-order valence-electron chi connectivity index (χ1n) is 4.77. The molecule has 2 rings (SSSR count). The van der Waals surface area contributed by atoms with E-state index in [0.29, 0.717) is 12.8 Å². The van der Waals surface area contributed by atoms with Crippen LogP contribution < -0.4 is 5.73 Å². The minimum absolute atomic E-state index is 0.00543. The van der Waals surface area contributed by atoms with Crippen molar-refractivity contribution in [2.45, 2.75) is 37.4 Å². The molecule has 1 aliphatic carbocycles. The molecule has 0 atom stereocenters. The Bertz CT molecular complexity index is 280. The minimum Gasteiger partial charge on any atom is -0.448 e. The molecule has 5 nitrogen and oxygen atoms in total. The highest BCUT2D eigenvalue weighted by Crippen LogP contribution is 2.36. The Morgan fingerprint density at radius 3 is 2.64 bits per heavy atom. The van der Waals surface area contributed by atoms with Crippen LogP contribution in [-0.4, -0.2) is 30.7 Å². The molecule has 1 spiro atoms. The van der Waals surface area contributed by atoms with Crippen molar-refractivity contribution in [1.29, 1.82) is 0 Å². The lowest BCUT2D eigenvalue weighted by Crippen LogP contribution is -2.43. The number of carbonyl (C=O) groups excluding carboxylic acids is 1. The van der Waals surface area contributed by atoms with Gasteiger partial charge < -0.3 is 15.2 Å². The van der Waals surface area contributed by atoms with Gasteiger partial charge in [-0.05, 0) is 25.7 Å². The van der Waals surface area contributed by atoms with Crippen LogP contribution in [0.25, 0.3) is 0 Å². The van der Waals surface area contributed by atoms with Gasteiger partial charge in [0.1, 0.15) is 0 Å². The van der Waals surface area contributed by atoms with E-state index in [1.807, 2.05) is 0 Å². The molecule has 0 unspecified atom stereocenters. The van der Waals surface area contributed by atoms with Gasteiger partial charge in [0.2, 0.25) is 0 Å². The molecular weight excluding hydrogens is 184 g/mol.